The first-order chi connectivity index (χ1) is 45.5. The van der Waals surface area contributed by atoms with Crippen molar-refractivity contribution in [3.8, 4) is 0 Å². The molecule has 93 heavy (non-hydrogen) atoms. The number of nitrogens with zero attached hydrogens (tertiary/aromatic N) is 1. The number of nitrogens with one attached hydrogen (secondary N) is 1. The zero-order valence-corrected chi connectivity index (χ0v) is 65.2. The van der Waals surface area contributed by atoms with E-state index in [2.05, 4.69) is 19.2 Å². The van der Waals surface area contributed by atoms with Gasteiger partial charge in [-0.15, -0.1) is 0 Å². The van der Waals surface area contributed by atoms with Crippen LogP contribution in [0.25, 0.3) is 0 Å². The number of phosphoric acid groups is 1. The topological polar surface area (TPSA) is 105 Å². The molecule has 0 aliphatic heterocycles. The van der Waals surface area contributed by atoms with Crippen molar-refractivity contribution in [3.05, 3.63) is 0 Å². The van der Waals surface area contributed by atoms with Crippen LogP contribution in [0.5, 0.6) is 0 Å². The minimum absolute atomic E-state index is 0.0797. The number of hydrogen-bond donors (Lipinski definition) is 3. The zero-order valence-electron chi connectivity index (χ0n) is 64.3. The zero-order chi connectivity index (χ0) is 67.6. The average molecular weight is 1340 g/mol. The molecule has 0 saturated heterocycles. The molecule has 0 heterocycles. The van der Waals surface area contributed by atoms with Gasteiger partial charge in [-0.2, -0.15) is 0 Å². The molecule has 8 nitrogen and oxygen atoms in total. The third-order valence-corrected chi connectivity index (χ3v) is 21.6. The van der Waals surface area contributed by atoms with Gasteiger partial charge in [-0.25, -0.2) is 4.57 Å². The summed E-state index contributed by atoms with van der Waals surface area (Å²) in [5, 5.41) is 14.2. The van der Waals surface area contributed by atoms with Gasteiger partial charge in [-0.1, -0.05) is 463 Å². The summed E-state index contributed by atoms with van der Waals surface area (Å²) in [5.41, 5.74) is 0. The number of quaternary nitrogens is 1. The molecule has 0 rings (SSSR count). The van der Waals surface area contributed by atoms with Crippen LogP contribution >= 0.6 is 7.82 Å². The summed E-state index contributed by atoms with van der Waals surface area (Å²) in [7, 11) is 1.65. The molecule has 0 aromatic heterocycles. The van der Waals surface area contributed by atoms with E-state index in [1.165, 1.54) is 417 Å². The molecule has 9 heteroatoms. The number of likely N-dealkylation sites (N-methyl/N-ethyl adjacent to an activating group) is 1. The molecule has 1 amide bonds. The summed E-state index contributed by atoms with van der Waals surface area (Å²) in [6.45, 7) is 4.98. The van der Waals surface area contributed by atoms with E-state index >= 15 is 0 Å². The molecular weight excluding hydrogens is 1160 g/mol. The second-order valence-corrected chi connectivity index (χ2v) is 32.7. The van der Waals surface area contributed by atoms with E-state index in [0.29, 0.717) is 23.9 Å². The molecule has 0 aromatic rings. The Labute approximate surface area is 584 Å². The Morgan fingerprint density at radius 3 is 0.720 bits per heavy atom. The van der Waals surface area contributed by atoms with E-state index in [4.69, 9.17) is 9.05 Å². The van der Waals surface area contributed by atoms with Crippen LogP contribution in [0.3, 0.4) is 0 Å². The fourth-order valence-electron chi connectivity index (χ4n) is 14.0. The molecule has 0 saturated carbocycles. The number of carbonyl (C=O) groups excluding carboxylic acids is 1. The molecule has 0 aliphatic rings. The van der Waals surface area contributed by atoms with E-state index in [1.54, 1.807) is 0 Å². The minimum Gasteiger partial charge on any atom is -0.391 e. The Bertz CT molecular complexity index is 1480. The molecule has 0 aliphatic carbocycles. The summed E-state index contributed by atoms with van der Waals surface area (Å²) < 4.78 is 24.0. The highest BCUT2D eigenvalue weighted by Gasteiger charge is 2.28. The summed E-state index contributed by atoms with van der Waals surface area (Å²) in [6.07, 6.45) is 98.6. The van der Waals surface area contributed by atoms with Gasteiger partial charge in [0.25, 0.3) is 0 Å². The van der Waals surface area contributed by atoms with E-state index in [0.717, 1.165) is 38.5 Å². The predicted molar refractivity (Wildman–Crippen MR) is 411 cm³/mol. The van der Waals surface area contributed by atoms with Crippen molar-refractivity contribution in [3.63, 3.8) is 0 Å². The highest BCUT2D eigenvalue weighted by Crippen LogP contribution is 2.43. The maximum atomic E-state index is 13.1. The van der Waals surface area contributed by atoms with Crippen molar-refractivity contribution in [1.29, 1.82) is 0 Å². The number of phosphoric ester groups is 1. The number of aliphatic hydroxyl groups excluding tert-OH is 1. The average Bonchev–Trinajstić information content (AvgIpc) is 1.94. The van der Waals surface area contributed by atoms with Gasteiger partial charge in [0.05, 0.1) is 39.9 Å². The molecule has 0 radical (unpaired) electrons. The third-order valence-electron chi connectivity index (χ3n) is 20.6. The highest BCUT2D eigenvalue weighted by atomic mass is 31.2. The van der Waals surface area contributed by atoms with Crippen molar-refractivity contribution in [1.82, 2.24) is 5.32 Å². The molecule has 0 spiro atoms. The van der Waals surface area contributed by atoms with Gasteiger partial charge in [0.15, 0.2) is 0 Å². The fourth-order valence-corrected chi connectivity index (χ4v) is 14.7. The lowest BCUT2D eigenvalue weighted by Crippen LogP contribution is -2.46. The van der Waals surface area contributed by atoms with Gasteiger partial charge in [-0.05, 0) is 12.8 Å². The number of carbonyl (C=O) groups is 1. The van der Waals surface area contributed by atoms with Crippen LogP contribution < -0.4 is 5.32 Å². The lowest BCUT2D eigenvalue weighted by Gasteiger charge is -2.26. The van der Waals surface area contributed by atoms with E-state index in [-0.39, 0.29) is 19.1 Å². The van der Waals surface area contributed by atoms with Gasteiger partial charge >= 0.3 is 7.82 Å². The maximum absolute atomic E-state index is 13.1. The lowest BCUT2D eigenvalue weighted by molar-refractivity contribution is -0.870. The van der Waals surface area contributed by atoms with Crippen LogP contribution in [-0.2, 0) is 18.4 Å². The quantitative estimate of drug-likeness (QED) is 0.0318. The van der Waals surface area contributed by atoms with E-state index < -0.39 is 20.0 Å². The number of rotatable bonds is 82. The number of amides is 1. The number of unbranched alkanes of at least 4 members (excludes halogenated alkanes) is 69. The van der Waals surface area contributed by atoms with Gasteiger partial charge in [0.2, 0.25) is 5.91 Å². The molecular formula is C84H172N2O6P+. The van der Waals surface area contributed by atoms with Crippen LogP contribution in [-0.4, -0.2) is 73.4 Å². The van der Waals surface area contributed by atoms with Crippen LogP contribution in [0.15, 0.2) is 0 Å². The summed E-state index contributed by atoms with van der Waals surface area (Å²) in [6, 6.07) is -0.758. The van der Waals surface area contributed by atoms with Crippen molar-refractivity contribution in [2.75, 3.05) is 40.9 Å². The summed E-state index contributed by atoms with van der Waals surface area (Å²) in [5.74, 6) is -0.131. The predicted octanol–water partition coefficient (Wildman–Crippen LogP) is 28.2. The van der Waals surface area contributed by atoms with Crippen LogP contribution in [0, 0.1) is 0 Å². The van der Waals surface area contributed by atoms with E-state index in [1.807, 2.05) is 21.1 Å². The Balaban J connectivity index is 3.84. The van der Waals surface area contributed by atoms with Crippen LogP contribution in [0.2, 0.25) is 0 Å². The lowest BCUT2D eigenvalue weighted by atomic mass is 10.0. The van der Waals surface area contributed by atoms with Crippen molar-refractivity contribution in [2.45, 2.75) is 495 Å². The Morgan fingerprint density at radius 1 is 0.323 bits per heavy atom. The van der Waals surface area contributed by atoms with Gasteiger partial charge < -0.3 is 19.8 Å². The normalized spacial score (nSPS) is 13.3. The molecule has 0 bridgehead atoms. The van der Waals surface area contributed by atoms with Crippen molar-refractivity contribution in [2.24, 2.45) is 0 Å². The summed E-state index contributed by atoms with van der Waals surface area (Å²) >= 11 is 0. The highest BCUT2D eigenvalue weighted by molar-refractivity contribution is 7.47. The van der Waals surface area contributed by atoms with Gasteiger partial charge in [-0.3, -0.25) is 13.8 Å². The molecule has 0 fully saturated rings. The number of aliphatic hydroxyl groups is 1. The van der Waals surface area contributed by atoms with Gasteiger partial charge in [0, 0.05) is 6.42 Å². The molecule has 3 unspecified atom stereocenters. The van der Waals surface area contributed by atoms with Crippen LogP contribution in [0.1, 0.15) is 483 Å². The van der Waals surface area contributed by atoms with Crippen LogP contribution in [0.4, 0.5) is 0 Å². The largest absolute Gasteiger partial charge is 0.472 e. The second-order valence-electron chi connectivity index (χ2n) is 31.3. The Morgan fingerprint density at radius 2 is 0.516 bits per heavy atom. The fraction of sp³-hybridized carbons (Fsp3) is 0.988. The minimum atomic E-state index is -4.33. The number of hydrogen-bond acceptors (Lipinski definition) is 5. The van der Waals surface area contributed by atoms with Crippen molar-refractivity contribution >= 4 is 13.7 Å². The summed E-state index contributed by atoms with van der Waals surface area (Å²) in [4.78, 5) is 23.6. The van der Waals surface area contributed by atoms with E-state index in [9.17, 15) is 19.4 Å². The monoisotopic (exact) mass is 1340 g/mol. The molecule has 0 aromatic carbocycles. The Kier molecular flexibility index (Phi) is 75.3. The Hall–Kier alpha value is -0.500. The SMILES string of the molecule is CCCCCCCCCCCCCCCCCCCCCCCCCCCCCCCCCCCCCCCCCC(=O)NC(COP(=O)(O)OCC[N+](C)(C)C)C(O)CCCCCCCCCCCCCCCCCCCCCCCCCCCCCCCCCC. The first-order valence-corrected chi connectivity index (χ1v) is 44.4. The molecule has 558 valence electrons. The smallest absolute Gasteiger partial charge is 0.391 e. The maximum Gasteiger partial charge on any atom is 0.472 e. The first-order valence-electron chi connectivity index (χ1n) is 42.9. The van der Waals surface area contributed by atoms with Crippen molar-refractivity contribution < 1.29 is 32.9 Å². The molecule has 3 atom stereocenters. The molecule has 3 N–H and O–H groups in total. The van der Waals surface area contributed by atoms with Gasteiger partial charge in [0.1, 0.15) is 13.2 Å². The first kappa shape index (κ1) is 92.5. The standard InChI is InChI=1S/C84H171N2O6P/c1-6-8-10-12-14-16-18-20-22-24-26-28-30-32-34-36-38-40-41-42-43-44-45-46-48-50-52-54-56-58-60-62-64-66-68-70-72-74-76-78-84(88)85-82(81-92-93(89,90)91-80-79-86(3,4)5)83(87)77-75-73-71-69-67-65-63-61-59-57-55-53-51-49-47-39-37-35-33-31-29-27-25-23-21-19-17-15-13-11-9-7-2/h82-83,87H,6-81H2,1-5H3,(H-,85,88,89,90)/p+1. The second kappa shape index (κ2) is 75.7. The third kappa shape index (κ3) is 78.7.